The van der Waals surface area contributed by atoms with Gasteiger partial charge in [-0.05, 0) is 23.8 Å². The van der Waals surface area contributed by atoms with Crippen LogP contribution >= 0.6 is 0 Å². The fraction of sp³-hybridized carbons (Fsp3) is 0.0952. The van der Waals surface area contributed by atoms with E-state index in [-0.39, 0.29) is 5.69 Å². The van der Waals surface area contributed by atoms with Gasteiger partial charge in [0, 0.05) is 29.6 Å². The van der Waals surface area contributed by atoms with Crippen molar-refractivity contribution in [3.63, 3.8) is 0 Å². The van der Waals surface area contributed by atoms with Gasteiger partial charge in [-0.3, -0.25) is 9.48 Å². The Bertz CT molecular complexity index is 1030. The van der Waals surface area contributed by atoms with Crippen molar-refractivity contribution in [1.29, 1.82) is 0 Å². The van der Waals surface area contributed by atoms with Gasteiger partial charge < -0.3 is 10.1 Å². The molecular formula is C21H17F2N3O3. The van der Waals surface area contributed by atoms with Gasteiger partial charge in [-0.2, -0.15) is 5.10 Å². The highest BCUT2D eigenvalue weighted by molar-refractivity contribution is 5.94. The molecule has 0 fully saturated rings. The van der Waals surface area contributed by atoms with E-state index in [0.29, 0.717) is 12.1 Å². The van der Waals surface area contributed by atoms with Crippen LogP contribution in [0.15, 0.2) is 67.0 Å². The number of nitrogens with zero attached hydrogens (tertiary/aromatic N) is 2. The second-order valence-corrected chi connectivity index (χ2v) is 6.07. The summed E-state index contributed by atoms with van der Waals surface area (Å²) in [5.74, 6) is -3.50. The van der Waals surface area contributed by atoms with Crippen molar-refractivity contribution in [2.24, 2.45) is 0 Å². The number of carbonyl (C=O) groups excluding carboxylic acids is 2. The van der Waals surface area contributed by atoms with Crippen LogP contribution in [0.3, 0.4) is 0 Å². The van der Waals surface area contributed by atoms with Crippen LogP contribution in [0.5, 0.6) is 0 Å². The third kappa shape index (κ3) is 6.10. The number of rotatable bonds is 7. The summed E-state index contributed by atoms with van der Waals surface area (Å²) in [7, 11) is 0. The third-order valence-corrected chi connectivity index (χ3v) is 3.80. The number of ether oxygens (including phenoxy) is 1. The largest absolute Gasteiger partial charge is 0.452 e. The number of nitrogens with one attached hydrogen (secondary N) is 1. The quantitative estimate of drug-likeness (QED) is 0.490. The second kappa shape index (κ2) is 9.41. The number of carbonyl (C=O) groups is 2. The Morgan fingerprint density at radius 2 is 1.90 bits per heavy atom. The Hall–Kier alpha value is -3.81. The standard InChI is InChI=1S/C21H17F2N3O3/c22-18-8-7-17(10-19(18)23)25-20(27)14-29-21(28)9-6-16-11-24-26(13-16)12-15-4-2-1-3-5-15/h1-11,13H,12,14H2,(H,25,27)/b9-6+. The number of hydrogen-bond donors (Lipinski definition) is 1. The zero-order valence-electron chi connectivity index (χ0n) is 15.2. The second-order valence-electron chi connectivity index (χ2n) is 6.07. The van der Waals surface area contributed by atoms with Crippen molar-refractivity contribution >= 4 is 23.6 Å². The van der Waals surface area contributed by atoms with E-state index < -0.39 is 30.1 Å². The molecule has 0 atom stereocenters. The van der Waals surface area contributed by atoms with Gasteiger partial charge in [-0.25, -0.2) is 13.6 Å². The van der Waals surface area contributed by atoms with E-state index in [1.54, 1.807) is 17.1 Å². The van der Waals surface area contributed by atoms with E-state index >= 15 is 0 Å². The van der Waals surface area contributed by atoms with Crippen LogP contribution in [-0.4, -0.2) is 28.3 Å². The molecule has 1 heterocycles. The summed E-state index contributed by atoms with van der Waals surface area (Å²) >= 11 is 0. The summed E-state index contributed by atoms with van der Waals surface area (Å²) in [6, 6.07) is 12.7. The zero-order chi connectivity index (χ0) is 20.6. The molecule has 0 radical (unpaired) electrons. The molecule has 0 aliphatic heterocycles. The summed E-state index contributed by atoms with van der Waals surface area (Å²) < 4.78 is 32.5. The molecule has 0 aliphatic carbocycles. The number of halogens is 2. The number of benzene rings is 2. The molecule has 2 aromatic carbocycles. The van der Waals surface area contributed by atoms with Crippen LogP contribution in [-0.2, 0) is 20.9 Å². The van der Waals surface area contributed by atoms with Gasteiger partial charge in [-0.1, -0.05) is 30.3 Å². The highest BCUT2D eigenvalue weighted by Crippen LogP contribution is 2.13. The number of hydrogen-bond acceptors (Lipinski definition) is 4. The first kappa shape index (κ1) is 19.9. The van der Waals surface area contributed by atoms with Crippen molar-refractivity contribution in [3.8, 4) is 0 Å². The Labute approximate surface area is 165 Å². The molecule has 0 bridgehead atoms. The van der Waals surface area contributed by atoms with Gasteiger partial charge >= 0.3 is 5.97 Å². The maximum absolute atomic E-state index is 13.1. The van der Waals surface area contributed by atoms with Crippen molar-refractivity contribution in [1.82, 2.24) is 9.78 Å². The smallest absolute Gasteiger partial charge is 0.331 e. The average Bonchev–Trinajstić information content (AvgIpc) is 3.16. The Morgan fingerprint density at radius 3 is 2.66 bits per heavy atom. The van der Waals surface area contributed by atoms with Crippen LogP contribution in [0, 0.1) is 11.6 Å². The van der Waals surface area contributed by atoms with Crippen molar-refractivity contribution in [2.75, 3.05) is 11.9 Å². The van der Waals surface area contributed by atoms with Crippen molar-refractivity contribution in [3.05, 3.63) is 89.8 Å². The SMILES string of the molecule is O=C(COC(=O)/C=C/c1cnn(Cc2ccccc2)c1)Nc1ccc(F)c(F)c1. The first-order valence-corrected chi connectivity index (χ1v) is 8.66. The van der Waals surface area contributed by atoms with Crippen LogP contribution in [0.2, 0.25) is 0 Å². The van der Waals surface area contributed by atoms with Gasteiger partial charge in [0.25, 0.3) is 5.91 Å². The number of amides is 1. The molecule has 0 saturated carbocycles. The summed E-state index contributed by atoms with van der Waals surface area (Å²) in [6.45, 7) is 0.0404. The van der Waals surface area contributed by atoms with Crippen LogP contribution in [0.4, 0.5) is 14.5 Å². The lowest BCUT2D eigenvalue weighted by molar-refractivity contribution is -0.142. The molecule has 1 aromatic heterocycles. The Morgan fingerprint density at radius 1 is 1.10 bits per heavy atom. The average molecular weight is 397 g/mol. The van der Waals surface area contributed by atoms with Gasteiger partial charge in [0.05, 0.1) is 12.7 Å². The lowest BCUT2D eigenvalue weighted by atomic mass is 10.2. The molecule has 0 spiro atoms. The minimum absolute atomic E-state index is 0.0614. The molecular weight excluding hydrogens is 380 g/mol. The molecule has 1 N–H and O–H groups in total. The van der Waals surface area contributed by atoms with E-state index in [1.807, 2.05) is 30.3 Å². The van der Waals surface area contributed by atoms with E-state index in [0.717, 1.165) is 17.7 Å². The van der Waals surface area contributed by atoms with Gasteiger partial charge in [-0.15, -0.1) is 0 Å². The lowest BCUT2D eigenvalue weighted by Gasteiger charge is -2.05. The molecule has 0 aliphatic rings. The third-order valence-electron chi connectivity index (χ3n) is 3.80. The number of anilines is 1. The predicted molar refractivity (Wildman–Crippen MR) is 103 cm³/mol. The zero-order valence-corrected chi connectivity index (χ0v) is 15.2. The number of esters is 1. The lowest BCUT2D eigenvalue weighted by Crippen LogP contribution is -2.20. The molecule has 29 heavy (non-hydrogen) atoms. The molecule has 0 unspecified atom stereocenters. The molecule has 3 aromatic rings. The van der Waals surface area contributed by atoms with Gasteiger partial charge in [0.15, 0.2) is 18.2 Å². The van der Waals surface area contributed by atoms with Gasteiger partial charge in [0.1, 0.15) is 0 Å². The molecule has 1 amide bonds. The predicted octanol–water partition coefficient (Wildman–Crippen LogP) is 3.40. The Balaban J connectivity index is 1.46. The first-order valence-electron chi connectivity index (χ1n) is 8.66. The van der Waals surface area contributed by atoms with E-state index in [4.69, 9.17) is 4.74 Å². The van der Waals surface area contributed by atoms with Crippen molar-refractivity contribution < 1.29 is 23.1 Å². The van der Waals surface area contributed by atoms with Crippen LogP contribution in [0.1, 0.15) is 11.1 Å². The van der Waals surface area contributed by atoms with Gasteiger partial charge in [0.2, 0.25) is 0 Å². The summed E-state index contributed by atoms with van der Waals surface area (Å²) in [6.07, 6.45) is 6.06. The normalized spacial score (nSPS) is 10.8. The molecule has 0 saturated heterocycles. The van der Waals surface area contributed by atoms with E-state index in [1.165, 1.54) is 18.2 Å². The minimum Gasteiger partial charge on any atom is -0.452 e. The topological polar surface area (TPSA) is 73.2 Å². The maximum Gasteiger partial charge on any atom is 0.331 e. The summed E-state index contributed by atoms with van der Waals surface area (Å²) in [4.78, 5) is 23.5. The minimum atomic E-state index is -1.09. The first-order chi connectivity index (χ1) is 14.0. The molecule has 6 nitrogen and oxygen atoms in total. The molecule has 148 valence electrons. The highest BCUT2D eigenvalue weighted by Gasteiger charge is 2.08. The van der Waals surface area contributed by atoms with Crippen LogP contribution in [0.25, 0.3) is 6.08 Å². The fourth-order valence-corrected chi connectivity index (χ4v) is 2.44. The van der Waals surface area contributed by atoms with E-state index in [9.17, 15) is 18.4 Å². The van der Waals surface area contributed by atoms with E-state index in [2.05, 4.69) is 10.4 Å². The van der Waals surface area contributed by atoms with Crippen molar-refractivity contribution in [2.45, 2.75) is 6.54 Å². The highest BCUT2D eigenvalue weighted by atomic mass is 19.2. The summed E-state index contributed by atoms with van der Waals surface area (Å²) in [5, 5.41) is 6.52. The maximum atomic E-state index is 13.1. The Kier molecular flexibility index (Phi) is 6.47. The number of aromatic nitrogens is 2. The molecule has 3 rings (SSSR count). The monoisotopic (exact) mass is 397 g/mol. The summed E-state index contributed by atoms with van der Waals surface area (Å²) in [5.41, 5.74) is 1.85. The molecule has 8 heteroatoms. The fourth-order valence-electron chi connectivity index (χ4n) is 2.44. The van der Waals surface area contributed by atoms with Crippen LogP contribution < -0.4 is 5.32 Å².